The lowest BCUT2D eigenvalue weighted by molar-refractivity contribution is 0.224. The van der Waals surface area contributed by atoms with Gasteiger partial charge in [0, 0.05) is 9.75 Å². The predicted octanol–water partition coefficient (Wildman–Crippen LogP) is 5.03. The van der Waals surface area contributed by atoms with Crippen LogP contribution in [0.4, 0.5) is 4.39 Å². The van der Waals surface area contributed by atoms with Crippen molar-refractivity contribution in [3.8, 4) is 0 Å². The molecule has 1 aromatic carbocycles. The minimum atomic E-state index is -0.710. The third kappa shape index (κ3) is 3.25. The van der Waals surface area contributed by atoms with Gasteiger partial charge in [-0.2, -0.15) is 0 Å². The van der Waals surface area contributed by atoms with Crippen LogP contribution in [0.5, 0.6) is 0 Å². The average molecular weight is 343 g/mol. The van der Waals surface area contributed by atoms with Gasteiger partial charge in [0.1, 0.15) is 11.9 Å². The number of rotatable bonds is 2. The number of hydrogen-bond acceptors (Lipinski definition) is 2. The van der Waals surface area contributed by atoms with E-state index < -0.39 is 6.10 Å². The van der Waals surface area contributed by atoms with Crippen molar-refractivity contribution in [2.45, 2.75) is 32.3 Å². The zero-order chi connectivity index (χ0) is 14.2. The summed E-state index contributed by atoms with van der Waals surface area (Å²) < 4.78 is 13.6. The van der Waals surface area contributed by atoms with Crippen LogP contribution in [0.2, 0.25) is 0 Å². The van der Waals surface area contributed by atoms with Gasteiger partial charge in [-0.05, 0) is 51.2 Å². The Bertz CT molecular complexity index is 586. The number of halogens is 2. The molecule has 102 valence electrons. The highest BCUT2D eigenvalue weighted by molar-refractivity contribution is 9.10. The lowest BCUT2D eigenvalue weighted by atomic mass is 9.95. The second kappa shape index (κ2) is 5.35. The van der Waals surface area contributed by atoms with Crippen LogP contribution in [0.25, 0.3) is 0 Å². The molecule has 0 saturated heterocycles. The molecule has 1 N–H and O–H groups in total. The molecule has 0 aliphatic rings. The topological polar surface area (TPSA) is 20.2 Å². The third-order valence-electron chi connectivity index (χ3n) is 2.89. The lowest BCUT2D eigenvalue weighted by Gasteiger charge is -2.16. The zero-order valence-corrected chi connectivity index (χ0v) is 13.5. The fourth-order valence-electron chi connectivity index (χ4n) is 1.75. The fourth-order valence-corrected chi connectivity index (χ4v) is 3.23. The molecule has 0 saturated carbocycles. The number of thiophene rings is 1. The molecule has 0 spiro atoms. The van der Waals surface area contributed by atoms with Crippen molar-refractivity contribution in [3.05, 3.63) is 55.9 Å². The first-order valence-corrected chi connectivity index (χ1v) is 7.63. The molecule has 0 amide bonds. The Balaban J connectivity index is 2.31. The fraction of sp³-hybridized carbons (Fsp3) is 0.333. The molecule has 1 aromatic heterocycles. The van der Waals surface area contributed by atoms with Crippen molar-refractivity contribution in [1.29, 1.82) is 0 Å². The van der Waals surface area contributed by atoms with Gasteiger partial charge < -0.3 is 5.11 Å². The van der Waals surface area contributed by atoms with Crippen LogP contribution in [-0.2, 0) is 5.41 Å². The molecule has 4 heteroatoms. The summed E-state index contributed by atoms with van der Waals surface area (Å²) in [5, 5.41) is 10.4. The van der Waals surface area contributed by atoms with E-state index in [9.17, 15) is 9.50 Å². The predicted molar refractivity (Wildman–Crippen MR) is 81.2 cm³/mol. The molecule has 1 unspecified atom stereocenters. The van der Waals surface area contributed by atoms with Crippen molar-refractivity contribution in [3.63, 3.8) is 0 Å². The van der Waals surface area contributed by atoms with E-state index in [1.54, 1.807) is 23.5 Å². The SMILES string of the molecule is CC(C)(C)c1ccc(C(O)c2ccc(F)c(Br)c2)s1. The Kier molecular flexibility index (Phi) is 4.14. The van der Waals surface area contributed by atoms with Gasteiger partial charge in [0.15, 0.2) is 0 Å². The Morgan fingerprint density at radius 2 is 1.89 bits per heavy atom. The zero-order valence-electron chi connectivity index (χ0n) is 11.1. The van der Waals surface area contributed by atoms with Crippen LogP contribution in [0.3, 0.4) is 0 Å². The largest absolute Gasteiger partial charge is 0.383 e. The van der Waals surface area contributed by atoms with Crippen molar-refractivity contribution in [2.75, 3.05) is 0 Å². The van der Waals surface area contributed by atoms with E-state index >= 15 is 0 Å². The van der Waals surface area contributed by atoms with Gasteiger partial charge >= 0.3 is 0 Å². The highest BCUT2D eigenvalue weighted by Crippen LogP contribution is 2.35. The molecule has 0 fully saturated rings. The molecule has 0 radical (unpaired) electrons. The van der Waals surface area contributed by atoms with Crippen molar-refractivity contribution in [2.24, 2.45) is 0 Å². The van der Waals surface area contributed by atoms with E-state index in [0.29, 0.717) is 10.0 Å². The summed E-state index contributed by atoms with van der Waals surface area (Å²) in [5.74, 6) is -0.322. The van der Waals surface area contributed by atoms with Crippen LogP contribution < -0.4 is 0 Å². The normalized spacial score (nSPS) is 13.6. The monoisotopic (exact) mass is 342 g/mol. The Morgan fingerprint density at radius 1 is 1.21 bits per heavy atom. The third-order valence-corrected chi connectivity index (χ3v) is 5.07. The smallest absolute Gasteiger partial charge is 0.137 e. The summed E-state index contributed by atoms with van der Waals surface area (Å²) >= 11 is 4.73. The van der Waals surface area contributed by atoms with Crippen molar-refractivity contribution in [1.82, 2.24) is 0 Å². The quantitative estimate of drug-likeness (QED) is 0.811. The Hall–Kier alpha value is -0.710. The minimum absolute atomic E-state index is 0.0754. The summed E-state index contributed by atoms with van der Waals surface area (Å²) in [6.45, 7) is 6.43. The number of aliphatic hydroxyl groups excluding tert-OH is 1. The van der Waals surface area contributed by atoms with Crippen molar-refractivity contribution < 1.29 is 9.50 Å². The summed E-state index contributed by atoms with van der Waals surface area (Å²) in [6.07, 6.45) is -0.710. The van der Waals surface area contributed by atoms with Crippen LogP contribution in [0.15, 0.2) is 34.8 Å². The van der Waals surface area contributed by atoms with E-state index in [1.165, 1.54) is 10.9 Å². The second-order valence-electron chi connectivity index (χ2n) is 5.53. The van der Waals surface area contributed by atoms with E-state index in [4.69, 9.17) is 0 Å². The van der Waals surface area contributed by atoms with Crippen LogP contribution in [0, 0.1) is 5.82 Å². The molecule has 0 aliphatic carbocycles. The summed E-state index contributed by atoms with van der Waals surface area (Å²) in [5.41, 5.74) is 0.766. The molecular weight excluding hydrogens is 327 g/mol. The molecular formula is C15H16BrFOS. The van der Waals surface area contributed by atoms with Crippen LogP contribution in [-0.4, -0.2) is 5.11 Å². The summed E-state index contributed by atoms with van der Waals surface area (Å²) in [4.78, 5) is 2.10. The highest BCUT2D eigenvalue weighted by Gasteiger charge is 2.20. The van der Waals surface area contributed by atoms with Gasteiger partial charge in [-0.15, -0.1) is 11.3 Å². The Labute approximate surface area is 125 Å². The second-order valence-corrected chi connectivity index (χ2v) is 7.50. The maximum absolute atomic E-state index is 13.2. The maximum Gasteiger partial charge on any atom is 0.137 e. The van der Waals surface area contributed by atoms with E-state index in [-0.39, 0.29) is 11.2 Å². The molecule has 1 atom stereocenters. The molecule has 2 rings (SSSR count). The minimum Gasteiger partial charge on any atom is -0.383 e. The summed E-state index contributed by atoms with van der Waals surface area (Å²) in [6, 6.07) is 8.58. The Morgan fingerprint density at radius 3 is 2.42 bits per heavy atom. The molecule has 0 aliphatic heterocycles. The first-order valence-electron chi connectivity index (χ1n) is 6.02. The molecule has 19 heavy (non-hydrogen) atoms. The van der Waals surface area contributed by atoms with Gasteiger partial charge in [0.2, 0.25) is 0 Å². The molecule has 1 nitrogen and oxygen atoms in total. The van der Waals surface area contributed by atoms with E-state index in [2.05, 4.69) is 36.7 Å². The number of hydrogen-bond donors (Lipinski definition) is 1. The molecule has 0 bridgehead atoms. The highest BCUT2D eigenvalue weighted by atomic mass is 79.9. The molecule has 1 heterocycles. The number of aliphatic hydroxyl groups is 1. The first kappa shape index (κ1) is 14.7. The summed E-state index contributed by atoms with van der Waals surface area (Å²) in [7, 11) is 0. The van der Waals surface area contributed by atoms with Gasteiger partial charge in [-0.1, -0.05) is 26.8 Å². The first-order chi connectivity index (χ1) is 8.79. The average Bonchev–Trinajstić information content (AvgIpc) is 2.81. The van der Waals surface area contributed by atoms with Crippen molar-refractivity contribution >= 4 is 27.3 Å². The standard InChI is InChI=1S/C15H16BrFOS/c1-15(2,3)13-7-6-12(19-13)14(18)9-4-5-11(17)10(16)8-9/h4-8,14,18H,1-3H3. The van der Waals surface area contributed by atoms with Gasteiger partial charge in [-0.3, -0.25) is 0 Å². The molecule has 2 aromatic rings. The maximum atomic E-state index is 13.2. The number of benzene rings is 1. The van der Waals surface area contributed by atoms with E-state index in [0.717, 1.165) is 4.88 Å². The van der Waals surface area contributed by atoms with E-state index in [1.807, 2.05) is 12.1 Å². The van der Waals surface area contributed by atoms with Gasteiger partial charge in [0.05, 0.1) is 4.47 Å². The van der Waals surface area contributed by atoms with Gasteiger partial charge in [0.25, 0.3) is 0 Å². The van der Waals surface area contributed by atoms with Crippen LogP contribution >= 0.6 is 27.3 Å². The van der Waals surface area contributed by atoms with Gasteiger partial charge in [-0.25, -0.2) is 4.39 Å². The van der Waals surface area contributed by atoms with Crippen LogP contribution in [0.1, 0.15) is 42.2 Å². The lowest BCUT2D eigenvalue weighted by Crippen LogP contribution is -2.07.